The van der Waals surface area contributed by atoms with Gasteiger partial charge in [0.05, 0.1) is 0 Å². The number of rotatable bonds is 4. The molecule has 2 unspecified atom stereocenters. The van der Waals surface area contributed by atoms with Crippen LogP contribution in [0.25, 0.3) is 0 Å². The molecule has 1 aliphatic heterocycles. The molecule has 1 fully saturated rings. The molecular formula is C14H19BrFN3O. The molecule has 1 aromatic rings. The number of carbonyl (C=O) groups excluding carboxylic acids is 1. The van der Waals surface area contributed by atoms with Gasteiger partial charge in [-0.2, -0.15) is 0 Å². The molecule has 1 heterocycles. The number of halogens is 2. The van der Waals surface area contributed by atoms with Crippen LogP contribution in [0.2, 0.25) is 0 Å². The molecule has 2 atom stereocenters. The Labute approximate surface area is 126 Å². The number of primary amides is 1. The fourth-order valence-corrected chi connectivity index (χ4v) is 3.04. The molecule has 0 aromatic heterocycles. The first-order chi connectivity index (χ1) is 9.36. The molecule has 1 aliphatic rings. The average Bonchev–Trinajstić information content (AvgIpc) is 2.75. The molecule has 20 heavy (non-hydrogen) atoms. The van der Waals surface area contributed by atoms with Gasteiger partial charge in [-0.25, -0.2) is 4.39 Å². The first-order valence-corrected chi connectivity index (χ1v) is 7.34. The van der Waals surface area contributed by atoms with E-state index in [1.54, 1.807) is 12.1 Å². The highest BCUT2D eigenvalue weighted by atomic mass is 79.9. The Hall–Kier alpha value is -0.980. The zero-order chi connectivity index (χ0) is 14.9. The molecule has 0 aliphatic carbocycles. The Morgan fingerprint density at radius 3 is 2.80 bits per heavy atom. The first-order valence-electron chi connectivity index (χ1n) is 6.55. The minimum absolute atomic E-state index is 0.0421. The van der Waals surface area contributed by atoms with Crippen LogP contribution in [-0.4, -0.2) is 30.4 Å². The molecule has 0 saturated carbocycles. The highest BCUT2D eigenvalue weighted by molar-refractivity contribution is 9.10. The van der Waals surface area contributed by atoms with Crippen molar-refractivity contribution in [1.82, 2.24) is 4.90 Å². The second-order valence-corrected chi connectivity index (χ2v) is 6.62. The molecular weight excluding hydrogens is 325 g/mol. The van der Waals surface area contributed by atoms with Crippen molar-refractivity contribution >= 4 is 21.8 Å². The maximum atomic E-state index is 14.1. The Balaban J connectivity index is 2.31. The average molecular weight is 344 g/mol. The van der Waals surface area contributed by atoms with Crippen molar-refractivity contribution < 1.29 is 9.18 Å². The summed E-state index contributed by atoms with van der Waals surface area (Å²) in [6.07, 6.45) is 0.880. The van der Waals surface area contributed by atoms with Gasteiger partial charge in [-0.1, -0.05) is 28.9 Å². The number of carbonyl (C=O) groups is 1. The van der Waals surface area contributed by atoms with E-state index in [1.807, 2.05) is 4.90 Å². The lowest BCUT2D eigenvalue weighted by Crippen LogP contribution is -2.39. The molecule has 4 N–H and O–H groups in total. The second-order valence-electron chi connectivity index (χ2n) is 5.71. The lowest BCUT2D eigenvalue weighted by molar-refractivity contribution is -0.123. The van der Waals surface area contributed by atoms with Crippen molar-refractivity contribution in [1.29, 1.82) is 0 Å². The van der Waals surface area contributed by atoms with Crippen molar-refractivity contribution in [2.24, 2.45) is 16.9 Å². The molecule has 4 nitrogen and oxygen atoms in total. The summed E-state index contributed by atoms with van der Waals surface area (Å²) in [5.74, 6) is -0.961. The van der Waals surface area contributed by atoms with Gasteiger partial charge in [-0.05, 0) is 37.1 Å². The van der Waals surface area contributed by atoms with Crippen LogP contribution in [0.1, 0.15) is 24.9 Å². The van der Waals surface area contributed by atoms with Crippen LogP contribution in [-0.2, 0) is 4.79 Å². The molecule has 1 saturated heterocycles. The van der Waals surface area contributed by atoms with Gasteiger partial charge in [0, 0.05) is 16.6 Å². The Bertz CT molecular complexity index is 525. The topological polar surface area (TPSA) is 72.3 Å². The van der Waals surface area contributed by atoms with Gasteiger partial charge in [-0.3, -0.25) is 9.69 Å². The Morgan fingerprint density at radius 1 is 1.60 bits per heavy atom. The molecule has 0 radical (unpaired) electrons. The van der Waals surface area contributed by atoms with E-state index >= 15 is 0 Å². The second kappa shape index (κ2) is 5.79. The summed E-state index contributed by atoms with van der Waals surface area (Å²) in [5, 5.41) is 0. The quantitative estimate of drug-likeness (QED) is 0.875. The van der Waals surface area contributed by atoms with Crippen LogP contribution < -0.4 is 11.5 Å². The maximum absolute atomic E-state index is 14.1. The normalized spacial score (nSPS) is 24.8. The van der Waals surface area contributed by atoms with Crippen LogP contribution in [0.15, 0.2) is 22.7 Å². The SMILES string of the molecule is CC1(CN)CCN(C(C(N)=O)c2ccc(Br)cc2F)C1. The number of hydrogen-bond donors (Lipinski definition) is 2. The number of benzene rings is 1. The Kier molecular flexibility index (Phi) is 4.46. The van der Waals surface area contributed by atoms with E-state index in [1.165, 1.54) is 6.07 Å². The number of nitrogens with two attached hydrogens (primary N) is 2. The zero-order valence-electron chi connectivity index (χ0n) is 11.4. The van der Waals surface area contributed by atoms with Gasteiger partial charge in [0.15, 0.2) is 0 Å². The number of hydrogen-bond acceptors (Lipinski definition) is 3. The highest BCUT2D eigenvalue weighted by Gasteiger charge is 2.39. The summed E-state index contributed by atoms with van der Waals surface area (Å²) in [5.41, 5.74) is 11.5. The summed E-state index contributed by atoms with van der Waals surface area (Å²) in [6, 6.07) is 3.93. The van der Waals surface area contributed by atoms with Crippen LogP contribution in [0.4, 0.5) is 4.39 Å². The zero-order valence-corrected chi connectivity index (χ0v) is 13.0. The molecule has 1 aromatic carbocycles. The van der Waals surface area contributed by atoms with E-state index in [4.69, 9.17) is 11.5 Å². The van der Waals surface area contributed by atoms with Gasteiger partial charge < -0.3 is 11.5 Å². The summed E-state index contributed by atoms with van der Waals surface area (Å²) >= 11 is 3.21. The van der Waals surface area contributed by atoms with Gasteiger partial charge >= 0.3 is 0 Å². The molecule has 0 spiro atoms. The van der Waals surface area contributed by atoms with E-state index in [0.29, 0.717) is 29.7 Å². The summed E-state index contributed by atoms with van der Waals surface area (Å²) in [7, 11) is 0. The van der Waals surface area contributed by atoms with E-state index < -0.39 is 17.8 Å². The highest BCUT2D eigenvalue weighted by Crippen LogP contribution is 2.35. The van der Waals surface area contributed by atoms with Gasteiger partial charge in [0.1, 0.15) is 11.9 Å². The minimum atomic E-state index is -0.739. The predicted molar refractivity (Wildman–Crippen MR) is 79.4 cm³/mol. The van der Waals surface area contributed by atoms with Crippen molar-refractivity contribution in [2.45, 2.75) is 19.4 Å². The molecule has 110 valence electrons. The third kappa shape index (κ3) is 3.02. The van der Waals surface area contributed by atoms with Crippen molar-refractivity contribution in [2.75, 3.05) is 19.6 Å². The molecule has 2 rings (SSSR count). The largest absolute Gasteiger partial charge is 0.368 e. The van der Waals surface area contributed by atoms with Crippen molar-refractivity contribution in [3.8, 4) is 0 Å². The number of amides is 1. The van der Waals surface area contributed by atoms with Crippen LogP contribution >= 0.6 is 15.9 Å². The van der Waals surface area contributed by atoms with Gasteiger partial charge in [0.25, 0.3) is 0 Å². The van der Waals surface area contributed by atoms with E-state index in [0.717, 1.165) is 6.42 Å². The number of nitrogens with zero attached hydrogens (tertiary/aromatic N) is 1. The Morgan fingerprint density at radius 2 is 2.30 bits per heavy atom. The fourth-order valence-electron chi connectivity index (χ4n) is 2.70. The van der Waals surface area contributed by atoms with Crippen LogP contribution in [0.5, 0.6) is 0 Å². The molecule has 1 amide bonds. The van der Waals surface area contributed by atoms with Gasteiger partial charge in [0.2, 0.25) is 5.91 Å². The van der Waals surface area contributed by atoms with Crippen molar-refractivity contribution in [3.63, 3.8) is 0 Å². The third-order valence-corrected chi connectivity index (χ3v) is 4.47. The van der Waals surface area contributed by atoms with Crippen LogP contribution in [0, 0.1) is 11.2 Å². The predicted octanol–water partition coefficient (Wildman–Crippen LogP) is 1.79. The smallest absolute Gasteiger partial charge is 0.239 e. The fraction of sp³-hybridized carbons (Fsp3) is 0.500. The lowest BCUT2D eigenvalue weighted by atomic mass is 9.90. The van der Waals surface area contributed by atoms with E-state index in [2.05, 4.69) is 22.9 Å². The maximum Gasteiger partial charge on any atom is 0.239 e. The number of likely N-dealkylation sites (tertiary alicyclic amines) is 1. The van der Waals surface area contributed by atoms with E-state index in [-0.39, 0.29) is 5.41 Å². The summed E-state index contributed by atoms with van der Waals surface area (Å²) in [4.78, 5) is 13.7. The lowest BCUT2D eigenvalue weighted by Gasteiger charge is -2.28. The summed E-state index contributed by atoms with van der Waals surface area (Å²) < 4.78 is 14.7. The first kappa shape index (κ1) is 15.4. The van der Waals surface area contributed by atoms with E-state index in [9.17, 15) is 9.18 Å². The minimum Gasteiger partial charge on any atom is -0.368 e. The monoisotopic (exact) mass is 343 g/mol. The third-order valence-electron chi connectivity index (χ3n) is 3.97. The van der Waals surface area contributed by atoms with Crippen molar-refractivity contribution in [3.05, 3.63) is 34.1 Å². The van der Waals surface area contributed by atoms with Crippen LogP contribution in [0.3, 0.4) is 0 Å². The molecule has 6 heteroatoms. The molecule has 0 bridgehead atoms. The standard InChI is InChI=1S/C14H19BrFN3O/c1-14(7-17)4-5-19(8-14)12(13(18)20)10-3-2-9(15)6-11(10)16/h2-3,6,12H,4-5,7-8,17H2,1H3,(H2,18,20). The van der Waals surface area contributed by atoms with Gasteiger partial charge in [-0.15, -0.1) is 0 Å². The summed E-state index contributed by atoms with van der Waals surface area (Å²) in [6.45, 7) is 3.95.